The topological polar surface area (TPSA) is 271 Å². The number of benzene rings is 5. The smallest absolute Gasteiger partial charge is 0.339 e. The maximum Gasteiger partial charge on any atom is 0.339 e. The molecule has 5 aromatic carbocycles. The fraction of sp³-hybridized carbons (Fsp3) is 0.167. The Labute approximate surface area is 377 Å². The summed E-state index contributed by atoms with van der Waals surface area (Å²) in [6.45, 7) is 1.71. The molecule has 0 saturated carbocycles. The highest BCUT2D eigenvalue weighted by atomic mass is 16.5. The molecule has 18 heteroatoms. The molecule has 0 aliphatic heterocycles. The van der Waals surface area contributed by atoms with Crippen LogP contribution < -0.4 is 25.0 Å². The predicted molar refractivity (Wildman–Crippen MR) is 241 cm³/mol. The van der Waals surface area contributed by atoms with E-state index in [0.29, 0.717) is 28.1 Å². The summed E-state index contributed by atoms with van der Waals surface area (Å²) >= 11 is 0. The molecular formula is C48H44N6O12. The lowest BCUT2D eigenvalue weighted by Crippen LogP contribution is -2.35. The molecule has 7 N–H and O–H groups in total. The first kappa shape index (κ1) is 46.7. The van der Waals surface area contributed by atoms with Crippen molar-refractivity contribution in [1.82, 2.24) is 15.4 Å². The number of phenols is 3. The van der Waals surface area contributed by atoms with Gasteiger partial charge in [-0.05, 0) is 90.4 Å². The zero-order chi connectivity index (χ0) is 47.7. The minimum atomic E-state index is -1.42. The first-order chi connectivity index (χ1) is 31.6. The molecule has 6 rings (SSSR count). The number of aromatic amines is 1. The Hall–Kier alpha value is -8.80. The van der Waals surface area contributed by atoms with E-state index in [2.05, 4.69) is 26.0 Å². The number of amides is 3. The van der Waals surface area contributed by atoms with Gasteiger partial charge in [-0.25, -0.2) is 4.79 Å². The number of aromatic carboxylic acids is 1. The van der Waals surface area contributed by atoms with Gasteiger partial charge in [-0.1, -0.05) is 36.4 Å². The largest absolute Gasteiger partial charge is 0.508 e. The lowest BCUT2D eigenvalue weighted by Gasteiger charge is -2.23. The van der Waals surface area contributed by atoms with E-state index in [0.717, 1.165) is 11.6 Å². The lowest BCUT2D eigenvalue weighted by atomic mass is 9.92. The third-order valence-corrected chi connectivity index (χ3v) is 10.5. The van der Waals surface area contributed by atoms with Gasteiger partial charge in [0.05, 0.1) is 49.0 Å². The van der Waals surface area contributed by atoms with Gasteiger partial charge in [0.1, 0.15) is 11.3 Å². The summed E-state index contributed by atoms with van der Waals surface area (Å²) in [5.74, 6) is -6.40. The first-order valence-corrected chi connectivity index (χ1v) is 20.1. The molecular weight excluding hydrogens is 853 g/mol. The number of allylic oxidation sites excluding steroid dienone is 1. The summed E-state index contributed by atoms with van der Waals surface area (Å²) in [6.07, 6.45) is 3.23. The SMILES string of the molecule is COc1c(NC(=O)c2ccc(NC(=O)c3ccc(N(C)C(=O)[C@@H](CC(=O)c4ccc(CC(=O)/C(C)=C/c5ccc(O)cc5)cc4)Cc4cn[nH]n4)cc3)c(OC)c2O)ccc(C(=O)O)c1O. The van der Waals surface area contributed by atoms with Crippen LogP contribution in [0.2, 0.25) is 0 Å². The van der Waals surface area contributed by atoms with Crippen LogP contribution in [0.3, 0.4) is 0 Å². The van der Waals surface area contributed by atoms with Crippen LogP contribution in [0, 0.1) is 5.92 Å². The number of carbonyl (C=O) groups is 6. The number of carboxylic acid groups (broad SMARTS) is 1. The molecule has 3 amide bonds. The third kappa shape index (κ3) is 10.9. The Morgan fingerprint density at radius 1 is 0.742 bits per heavy atom. The monoisotopic (exact) mass is 896 g/mol. The molecule has 1 atom stereocenters. The van der Waals surface area contributed by atoms with Crippen molar-refractivity contribution in [3.05, 3.63) is 148 Å². The Bertz CT molecular complexity index is 2820. The summed E-state index contributed by atoms with van der Waals surface area (Å²) in [5.41, 5.74) is 2.56. The van der Waals surface area contributed by atoms with E-state index in [1.54, 1.807) is 61.5 Å². The maximum absolute atomic E-state index is 14.0. The van der Waals surface area contributed by atoms with Crippen LogP contribution in [0.15, 0.2) is 109 Å². The van der Waals surface area contributed by atoms with Crippen molar-refractivity contribution in [1.29, 1.82) is 0 Å². The number of carboxylic acids is 1. The second-order valence-corrected chi connectivity index (χ2v) is 14.9. The summed E-state index contributed by atoms with van der Waals surface area (Å²) in [7, 11) is 3.92. The van der Waals surface area contributed by atoms with Crippen molar-refractivity contribution in [2.75, 3.05) is 36.8 Å². The van der Waals surface area contributed by atoms with Crippen LogP contribution in [0.4, 0.5) is 17.1 Å². The summed E-state index contributed by atoms with van der Waals surface area (Å²) in [4.78, 5) is 79.9. The van der Waals surface area contributed by atoms with Crippen molar-refractivity contribution in [2.45, 2.75) is 26.2 Å². The number of phenolic OH excluding ortho intramolecular Hbond substituents is 2. The molecule has 0 aliphatic rings. The van der Waals surface area contributed by atoms with Gasteiger partial charge < -0.3 is 45.4 Å². The minimum Gasteiger partial charge on any atom is -0.508 e. The average Bonchev–Trinajstić information content (AvgIpc) is 3.82. The van der Waals surface area contributed by atoms with E-state index in [-0.39, 0.29) is 70.6 Å². The number of methoxy groups -OCH3 is 2. The van der Waals surface area contributed by atoms with Crippen molar-refractivity contribution >= 4 is 58.4 Å². The number of H-pyrrole nitrogens is 1. The molecule has 0 saturated heterocycles. The Morgan fingerprint density at radius 3 is 1.89 bits per heavy atom. The molecule has 66 heavy (non-hydrogen) atoms. The number of ketones is 2. The van der Waals surface area contributed by atoms with Crippen LogP contribution in [0.25, 0.3) is 6.08 Å². The number of aromatic nitrogens is 3. The highest BCUT2D eigenvalue weighted by Gasteiger charge is 2.28. The second kappa shape index (κ2) is 20.6. The molecule has 0 fully saturated rings. The second-order valence-electron chi connectivity index (χ2n) is 14.9. The molecule has 0 unspecified atom stereocenters. The molecule has 0 spiro atoms. The normalized spacial score (nSPS) is 11.5. The van der Waals surface area contributed by atoms with Gasteiger partial charge in [0.25, 0.3) is 11.8 Å². The molecule has 0 radical (unpaired) electrons. The average molecular weight is 897 g/mol. The van der Waals surface area contributed by atoms with E-state index in [4.69, 9.17) is 9.47 Å². The highest BCUT2D eigenvalue weighted by Crippen LogP contribution is 2.40. The number of rotatable bonds is 18. The van der Waals surface area contributed by atoms with Crippen LogP contribution in [0.1, 0.15) is 71.6 Å². The van der Waals surface area contributed by atoms with E-state index >= 15 is 0 Å². The van der Waals surface area contributed by atoms with Gasteiger partial charge in [-0.3, -0.25) is 24.0 Å². The molecule has 1 heterocycles. The molecule has 1 aromatic heterocycles. The van der Waals surface area contributed by atoms with Gasteiger partial charge in [-0.15, -0.1) is 0 Å². The zero-order valence-corrected chi connectivity index (χ0v) is 36.0. The molecule has 338 valence electrons. The molecule has 0 bridgehead atoms. The van der Waals surface area contributed by atoms with Gasteiger partial charge in [-0.2, -0.15) is 15.4 Å². The van der Waals surface area contributed by atoms with Gasteiger partial charge in [0.2, 0.25) is 5.91 Å². The molecule has 0 aliphatic carbocycles. The van der Waals surface area contributed by atoms with E-state index in [9.17, 15) is 49.2 Å². The fourth-order valence-corrected chi connectivity index (χ4v) is 6.93. The maximum atomic E-state index is 14.0. The summed E-state index contributed by atoms with van der Waals surface area (Å²) in [5, 5.41) is 55.7. The van der Waals surface area contributed by atoms with Crippen LogP contribution in [0.5, 0.6) is 28.7 Å². The summed E-state index contributed by atoms with van der Waals surface area (Å²) < 4.78 is 10.4. The highest BCUT2D eigenvalue weighted by molar-refractivity contribution is 6.10. The number of carbonyl (C=O) groups excluding carboxylic acids is 5. The predicted octanol–water partition coefficient (Wildman–Crippen LogP) is 6.45. The van der Waals surface area contributed by atoms with Crippen LogP contribution in [-0.2, 0) is 22.4 Å². The fourth-order valence-electron chi connectivity index (χ4n) is 6.93. The van der Waals surface area contributed by atoms with Crippen LogP contribution in [-0.4, -0.2) is 92.4 Å². The quantitative estimate of drug-likeness (QED) is 0.0361. The molecule has 6 aromatic rings. The number of Topliss-reactive ketones (excluding diaryl/α,β-unsaturated/α-hetero) is 2. The third-order valence-electron chi connectivity index (χ3n) is 10.5. The molecule has 18 nitrogen and oxygen atoms in total. The van der Waals surface area contributed by atoms with E-state index in [1.807, 2.05) is 0 Å². The Morgan fingerprint density at radius 2 is 1.32 bits per heavy atom. The number of nitrogens with zero attached hydrogens (tertiary/aromatic N) is 3. The van der Waals surface area contributed by atoms with Gasteiger partial charge in [0, 0.05) is 43.1 Å². The summed E-state index contributed by atoms with van der Waals surface area (Å²) in [6, 6.07) is 23.9. The van der Waals surface area contributed by atoms with E-state index < -0.39 is 46.7 Å². The number of anilines is 3. The standard InChI is InChI=1S/C48H44N6O12/c1-26(21-27-7-15-34(55)16-8-27)39(56)22-28-5-9-29(10-6-28)40(57)24-31(23-32-25-49-53-52-32)47(62)54(2)33-13-11-30(12-14-33)45(60)50-37-19-17-35(41(58)43(37)65-3)46(61)51-38-20-18-36(48(63)64)42(59)44(38)66-4/h5-21,25,31,55,58-59H,22-24H2,1-4H3,(H,50,60)(H,51,61)(H,63,64)(H,49,52,53)/b26-21+/t31-/m1/s1. The van der Waals surface area contributed by atoms with Crippen molar-refractivity contribution in [3.63, 3.8) is 0 Å². The van der Waals surface area contributed by atoms with Crippen LogP contribution >= 0.6 is 0 Å². The zero-order valence-electron chi connectivity index (χ0n) is 36.0. The Kier molecular flexibility index (Phi) is 14.6. The van der Waals surface area contributed by atoms with E-state index in [1.165, 1.54) is 74.8 Å². The number of hydrogen-bond acceptors (Lipinski definition) is 13. The number of ether oxygens (including phenoxy) is 2. The first-order valence-electron chi connectivity index (χ1n) is 20.1. The van der Waals surface area contributed by atoms with Gasteiger partial charge >= 0.3 is 5.97 Å². The van der Waals surface area contributed by atoms with Gasteiger partial charge in [0.15, 0.2) is 34.6 Å². The Balaban J connectivity index is 1.10. The number of hydrogen-bond donors (Lipinski definition) is 7. The van der Waals surface area contributed by atoms with Crippen molar-refractivity contribution in [2.24, 2.45) is 5.92 Å². The number of aromatic hydroxyl groups is 3. The lowest BCUT2D eigenvalue weighted by molar-refractivity contribution is -0.122. The number of nitrogens with one attached hydrogen (secondary N) is 3. The van der Waals surface area contributed by atoms with Crippen molar-refractivity contribution in [3.8, 4) is 28.7 Å². The minimum absolute atomic E-state index is 0.00618. The van der Waals surface area contributed by atoms with Crippen molar-refractivity contribution < 1.29 is 58.7 Å².